The Morgan fingerprint density at radius 3 is 2.38 bits per heavy atom. The van der Waals surface area contributed by atoms with Crippen molar-refractivity contribution in [1.29, 1.82) is 0 Å². The van der Waals surface area contributed by atoms with Crippen LogP contribution in [0.15, 0.2) is 73.1 Å². The minimum Gasteiger partial charge on any atom is -0.488 e. The molecule has 2 heterocycles. The van der Waals surface area contributed by atoms with E-state index in [1.54, 1.807) is 34.3 Å². The van der Waals surface area contributed by atoms with Gasteiger partial charge < -0.3 is 19.5 Å². The molecule has 1 aliphatic heterocycles. The molecule has 2 amide bonds. The molecule has 0 saturated carbocycles. The van der Waals surface area contributed by atoms with Crippen molar-refractivity contribution >= 4 is 34.4 Å². The van der Waals surface area contributed by atoms with Crippen molar-refractivity contribution in [3.8, 4) is 5.75 Å². The van der Waals surface area contributed by atoms with Gasteiger partial charge in [-0.2, -0.15) is 0 Å². The van der Waals surface area contributed by atoms with Gasteiger partial charge in [0.2, 0.25) is 0 Å². The molecule has 1 saturated heterocycles. The molecule has 0 unspecified atom stereocenters. The summed E-state index contributed by atoms with van der Waals surface area (Å²) in [5.41, 5.74) is 3.74. The summed E-state index contributed by atoms with van der Waals surface area (Å²) >= 11 is 5.95. The Balaban J connectivity index is 1.22. The van der Waals surface area contributed by atoms with Crippen LogP contribution in [0.25, 0.3) is 11.0 Å². The van der Waals surface area contributed by atoms with Crippen molar-refractivity contribution in [2.75, 3.05) is 26.2 Å². The van der Waals surface area contributed by atoms with Gasteiger partial charge in [-0.25, -0.2) is 4.98 Å². The number of aromatic nitrogens is 2. The molecule has 7 nitrogen and oxygen atoms in total. The summed E-state index contributed by atoms with van der Waals surface area (Å²) < 4.78 is 5.96. The molecule has 172 valence electrons. The van der Waals surface area contributed by atoms with Crippen molar-refractivity contribution in [2.24, 2.45) is 0 Å². The monoisotopic (exact) mass is 474 g/mol. The Morgan fingerprint density at radius 1 is 0.912 bits per heavy atom. The van der Waals surface area contributed by atoms with Gasteiger partial charge >= 0.3 is 0 Å². The quantitative estimate of drug-likeness (QED) is 0.465. The van der Waals surface area contributed by atoms with Crippen LogP contribution in [0.3, 0.4) is 0 Å². The molecule has 0 aliphatic carbocycles. The molecular weight excluding hydrogens is 452 g/mol. The first-order chi connectivity index (χ1) is 16.6. The highest BCUT2D eigenvalue weighted by molar-refractivity contribution is 6.30. The molecule has 1 aromatic heterocycles. The van der Waals surface area contributed by atoms with Gasteiger partial charge in [0.25, 0.3) is 11.8 Å². The summed E-state index contributed by atoms with van der Waals surface area (Å²) in [6.07, 6.45) is 1.61. The number of nitrogens with zero attached hydrogens (tertiary/aromatic N) is 3. The van der Waals surface area contributed by atoms with E-state index in [2.05, 4.69) is 9.97 Å². The summed E-state index contributed by atoms with van der Waals surface area (Å²) in [5, 5.41) is 0.666. The maximum Gasteiger partial charge on any atom is 0.257 e. The molecule has 1 aliphatic rings. The van der Waals surface area contributed by atoms with Crippen LogP contribution < -0.4 is 4.74 Å². The average molecular weight is 475 g/mol. The number of hydrogen-bond acceptors (Lipinski definition) is 4. The standard InChI is InChI=1S/C26H23ClN4O3/c27-20-8-5-18(6-9-20)16-34-24-4-2-1-3-21(24)26(33)31-13-11-30(12-14-31)25(32)19-7-10-22-23(15-19)29-17-28-22/h1-10,15,17H,11-14,16H2,(H,28,29). The Labute approximate surface area is 201 Å². The maximum atomic E-state index is 13.3. The zero-order chi connectivity index (χ0) is 23.5. The third-order valence-electron chi connectivity index (χ3n) is 5.95. The normalized spacial score (nSPS) is 13.8. The van der Waals surface area contributed by atoms with E-state index in [0.717, 1.165) is 16.6 Å². The van der Waals surface area contributed by atoms with E-state index in [-0.39, 0.29) is 11.8 Å². The summed E-state index contributed by atoms with van der Waals surface area (Å²) in [5.74, 6) is 0.391. The number of nitrogens with one attached hydrogen (secondary N) is 1. The third-order valence-corrected chi connectivity index (χ3v) is 6.20. The van der Waals surface area contributed by atoms with Gasteiger partial charge in [0, 0.05) is 36.8 Å². The van der Waals surface area contributed by atoms with Crippen molar-refractivity contribution < 1.29 is 14.3 Å². The van der Waals surface area contributed by atoms with E-state index in [9.17, 15) is 9.59 Å². The van der Waals surface area contributed by atoms with E-state index >= 15 is 0 Å². The minimum absolute atomic E-state index is 0.0460. The van der Waals surface area contributed by atoms with Crippen molar-refractivity contribution in [3.05, 3.63) is 94.8 Å². The van der Waals surface area contributed by atoms with Crippen LogP contribution in [-0.2, 0) is 6.61 Å². The Bertz CT molecular complexity index is 1330. The number of fused-ring (bicyclic) bond motifs is 1. The van der Waals surface area contributed by atoms with Crippen molar-refractivity contribution in [3.63, 3.8) is 0 Å². The van der Waals surface area contributed by atoms with Gasteiger partial charge in [-0.05, 0) is 48.0 Å². The number of halogens is 1. The Morgan fingerprint density at radius 2 is 1.62 bits per heavy atom. The van der Waals surface area contributed by atoms with Crippen LogP contribution >= 0.6 is 11.6 Å². The number of ether oxygens (including phenoxy) is 1. The lowest BCUT2D eigenvalue weighted by Crippen LogP contribution is -2.50. The molecule has 0 bridgehead atoms. The molecule has 8 heteroatoms. The number of carbonyl (C=O) groups excluding carboxylic acids is 2. The fourth-order valence-electron chi connectivity index (χ4n) is 4.05. The van der Waals surface area contributed by atoms with Crippen molar-refractivity contribution in [1.82, 2.24) is 19.8 Å². The predicted octanol–water partition coefficient (Wildman–Crippen LogP) is 4.39. The van der Waals surface area contributed by atoms with Crippen LogP contribution in [0.1, 0.15) is 26.3 Å². The highest BCUT2D eigenvalue weighted by Crippen LogP contribution is 2.23. The predicted molar refractivity (Wildman–Crippen MR) is 130 cm³/mol. The zero-order valence-electron chi connectivity index (χ0n) is 18.4. The van der Waals surface area contributed by atoms with E-state index in [1.807, 2.05) is 48.5 Å². The van der Waals surface area contributed by atoms with Crippen LogP contribution in [-0.4, -0.2) is 57.8 Å². The topological polar surface area (TPSA) is 78.5 Å². The third kappa shape index (κ3) is 4.61. The summed E-state index contributed by atoms with van der Waals surface area (Å²) in [6, 6.07) is 20.1. The number of H-pyrrole nitrogens is 1. The van der Waals surface area contributed by atoms with Gasteiger partial charge in [-0.15, -0.1) is 0 Å². The summed E-state index contributed by atoms with van der Waals surface area (Å²) in [7, 11) is 0. The molecule has 0 atom stereocenters. The number of para-hydroxylation sites is 1. The Kier molecular flexibility index (Phi) is 6.18. The average Bonchev–Trinajstić information content (AvgIpc) is 3.36. The van der Waals surface area contributed by atoms with E-state index in [4.69, 9.17) is 16.3 Å². The molecule has 0 spiro atoms. The van der Waals surface area contributed by atoms with E-state index in [1.165, 1.54) is 0 Å². The number of aromatic amines is 1. The zero-order valence-corrected chi connectivity index (χ0v) is 19.2. The molecule has 0 radical (unpaired) electrons. The van der Waals surface area contributed by atoms with Crippen LogP contribution in [0, 0.1) is 0 Å². The Hall–Kier alpha value is -3.84. The fourth-order valence-corrected chi connectivity index (χ4v) is 4.17. The van der Waals surface area contributed by atoms with Gasteiger partial charge in [0.15, 0.2) is 0 Å². The molecule has 1 fully saturated rings. The number of imidazole rings is 1. The number of piperazine rings is 1. The molecule has 34 heavy (non-hydrogen) atoms. The molecule has 5 rings (SSSR count). The highest BCUT2D eigenvalue weighted by atomic mass is 35.5. The van der Waals surface area contributed by atoms with Gasteiger partial charge in [-0.3, -0.25) is 9.59 Å². The molecular formula is C26H23ClN4O3. The first-order valence-electron chi connectivity index (χ1n) is 11.1. The second kappa shape index (κ2) is 9.57. The first-order valence-corrected chi connectivity index (χ1v) is 11.4. The minimum atomic E-state index is -0.0994. The SMILES string of the molecule is O=C(c1ccc2nc[nH]c2c1)N1CCN(C(=O)c2ccccc2OCc2ccc(Cl)cc2)CC1. The number of hydrogen-bond donors (Lipinski definition) is 1. The molecule has 1 N–H and O–H groups in total. The van der Waals surface area contributed by atoms with Crippen LogP contribution in [0.5, 0.6) is 5.75 Å². The van der Waals surface area contributed by atoms with Crippen LogP contribution in [0.4, 0.5) is 0 Å². The smallest absolute Gasteiger partial charge is 0.257 e. The number of amides is 2. The summed E-state index contributed by atoms with van der Waals surface area (Å²) in [4.78, 5) is 37.0. The summed E-state index contributed by atoms with van der Waals surface area (Å²) in [6.45, 7) is 2.20. The van der Waals surface area contributed by atoms with Gasteiger partial charge in [-0.1, -0.05) is 35.9 Å². The van der Waals surface area contributed by atoms with E-state index < -0.39 is 0 Å². The van der Waals surface area contributed by atoms with Gasteiger partial charge in [0.05, 0.1) is 22.9 Å². The number of benzene rings is 3. The number of rotatable bonds is 5. The lowest BCUT2D eigenvalue weighted by atomic mass is 10.1. The lowest BCUT2D eigenvalue weighted by Gasteiger charge is -2.35. The fraction of sp³-hybridized carbons (Fsp3) is 0.192. The van der Waals surface area contributed by atoms with Gasteiger partial charge in [0.1, 0.15) is 12.4 Å². The largest absolute Gasteiger partial charge is 0.488 e. The molecule has 3 aromatic carbocycles. The number of carbonyl (C=O) groups is 2. The highest BCUT2D eigenvalue weighted by Gasteiger charge is 2.27. The first kappa shape index (κ1) is 22.0. The van der Waals surface area contributed by atoms with E-state index in [0.29, 0.717) is 54.7 Å². The lowest BCUT2D eigenvalue weighted by molar-refractivity contribution is 0.0533. The molecule has 4 aromatic rings. The maximum absolute atomic E-state index is 13.3. The van der Waals surface area contributed by atoms with Crippen molar-refractivity contribution in [2.45, 2.75) is 6.61 Å². The van der Waals surface area contributed by atoms with Crippen LogP contribution in [0.2, 0.25) is 5.02 Å². The second-order valence-corrected chi connectivity index (χ2v) is 8.57. The second-order valence-electron chi connectivity index (χ2n) is 8.13.